The molecule has 4 rings (SSSR count). The van der Waals surface area contributed by atoms with Gasteiger partial charge in [-0.2, -0.15) is 10.4 Å². The molecule has 7 nitrogen and oxygen atoms in total. The van der Waals surface area contributed by atoms with E-state index in [4.69, 9.17) is 15.7 Å². The first-order valence-electron chi connectivity index (χ1n) is 10.0. The van der Waals surface area contributed by atoms with Gasteiger partial charge < -0.3 is 20.2 Å². The molecule has 31 heavy (non-hydrogen) atoms. The number of nitrogens with two attached hydrogens (primary N) is 1. The van der Waals surface area contributed by atoms with Crippen LogP contribution in [0, 0.1) is 17.1 Å². The van der Waals surface area contributed by atoms with E-state index in [9.17, 15) is 9.18 Å². The quantitative estimate of drug-likeness (QED) is 0.616. The van der Waals surface area contributed by atoms with Crippen LogP contribution in [0.1, 0.15) is 18.4 Å². The number of carbonyl (C=O) groups is 1. The van der Waals surface area contributed by atoms with E-state index in [-0.39, 0.29) is 18.3 Å². The van der Waals surface area contributed by atoms with Gasteiger partial charge >= 0.3 is 0 Å². The zero-order valence-corrected chi connectivity index (χ0v) is 16.9. The van der Waals surface area contributed by atoms with Crippen LogP contribution in [0.4, 0.5) is 15.9 Å². The first-order chi connectivity index (χ1) is 15.1. The number of rotatable bonds is 6. The fourth-order valence-electron chi connectivity index (χ4n) is 3.83. The molecule has 0 aliphatic carbocycles. The molecule has 1 aliphatic heterocycles. The number of anilines is 2. The van der Waals surface area contributed by atoms with Gasteiger partial charge in [-0.3, -0.25) is 0 Å². The van der Waals surface area contributed by atoms with Gasteiger partial charge in [0, 0.05) is 30.4 Å². The van der Waals surface area contributed by atoms with Crippen molar-refractivity contribution in [2.45, 2.75) is 18.9 Å². The van der Waals surface area contributed by atoms with Gasteiger partial charge in [-0.05, 0) is 49.2 Å². The number of nitriles is 1. The highest BCUT2D eigenvalue weighted by atomic mass is 19.1. The summed E-state index contributed by atoms with van der Waals surface area (Å²) in [6.07, 6.45) is 2.66. The lowest BCUT2D eigenvalue weighted by Gasteiger charge is -2.33. The largest absolute Gasteiger partial charge is 0.382 e. The van der Waals surface area contributed by atoms with E-state index in [0.717, 1.165) is 43.6 Å². The second kappa shape index (κ2) is 8.98. The molecule has 1 fully saturated rings. The van der Waals surface area contributed by atoms with Crippen LogP contribution in [0.25, 0.3) is 16.9 Å². The maximum Gasteiger partial charge on any atom is 0.146 e. The summed E-state index contributed by atoms with van der Waals surface area (Å²) in [5, 5.41) is 13.3. The first-order valence-corrected chi connectivity index (χ1v) is 10.0. The average molecular weight is 419 g/mol. The van der Waals surface area contributed by atoms with Crippen molar-refractivity contribution in [2.24, 2.45) is 0 Å². The summed E-state index contributed by atoms with van der Waals surface area (Å²) >= 11 is 0. The zero-order valence-electron chi connectivity index (χ0n) is 16.9. The number of piperidine rings is 1. The molecule has 1 aromatic heterocycles. The fourth-order valence-corrected chi connectivity index (χ4v) is 3.83. The number of nitrogens with zero attached hydrogens (tertiary/aromatic N) is 4. The van der Waals surface area contributed by atoms with E-state index < -0.39 is 5.82 Å². The van der Waals surface area contributed by atoms with Crippen molar-refractivity contribution in [2.75, 3.05) is 30.3 Å². The molecular weight excluding hydrogens is 397 g/mol. The topological polar surface area (TPSA) is 97.2 Å². The third kappa shape index (κ3) is 4.42. The Morgan fingerprint density at radius 2 is 1.87 bits per heavy atom. The predicted octanol–water partition coefficient (Wildman–Crippen LogP) is 3.32. The third-order valence-electron chi connectivity index (χ3n) is 5.41. The summed E-state index contributed by atoms with van der Waals surface area (Å²) in [4.78, 5) is 12.7. The van der Waals surface area contributed by atoms with E-state index in [2.05, 4.69) is 10.00 Å². The Labute approximate surface area is 179 Å². The van der Waals surface area contributed by atoms with E-state index in [0.29, 0.717) is 17.1 Å². The number of ether oxygens (including phenoxy) is 1. The molecular formula is C23H22FN5O2. The zero-order chi connectivity index (χ0) is 21.8. The Kier molecular flexibility index (Phi) is 5.96. The minimum Gasteiger partial charge on any atom is -0.382 e. The van der Waals surface area contributed by atoms with Crippen LogP contribution in [0.5, 0.6) is 0 Å². The number of aromatic nitrogens is 2. The molecule has 8 heteroatoms. The Bertz CT molecular complexity index is 1110. The summed E-state index contributed by atoms with van der Waals surface area (Å²) in [6, 6.07) is 15.9. The monoisotopic (exact) mass is 419 g/mol. The van der Waals surface area contributed by atoms with Gasteiger partial charge in [-0.1, -0.05) is 6.07 Å². The molecule has 2 heterocycles. The van der Waals surface area contributed by atoms with Crippen LogP contribution in [0.2, 0.25) is 0 Å². The van der Waals surface area contributed by atoms with Gasteiger partial charge in [0.1, 0.15) is 30.6 Å². The third-order valence-corrected chi connectivity index (χ3v) is 5.41. The lowest BCUT2D eigenvalue weighted by atomic mass is 10.1. The average Bonchev–Trinajstić information content (AvgIpc) is 3.20. The highest BCUT2D eigenvalue weighted by Gasteiger charge is 2.20. The van der Waals surface area contributed by atoms with Gasteiger partial charge in [0.2, 0.25) is 0 Å². The van der Waals surface area contributed by atoms with Crippen molar-refractivity contribution >= 4 is 17.8 Å². The number of hydrogen-bond donors (Lipinski definition) is 1. The summed E-state index contributed by atoms with van der Waals surface area (Å²) < 4.78 is 21.3. The summed E-state index contributed by atoms with van der Waals surface area (Å²) in [7, 11) is 0. The molecule has 1 aliphatic rings. The Hall–Kier alpha value is -3.70. The van der Waals surface area contributed by atoms with Crippen molar-refractivity contribution in [1.82, 2.24) is 9.78 Å². The number of nitrogen functional groups attached to an aromatic ring is 1. The number of aldehydes is 1. The molecule has 1 saturated heterocycles. The van der Waals surface area contributed by atoms with Crippen molar-refractivity contribution in [3.05, 3.63) is 59.9 Å². The van der Waals surface area contributed by atoms with E-state index in [1.54, 1.807) is 16.8 Å². The maximum absolute atomic E-state index is 14.1. The predicted molar refractivity (Wildman–Crippen MR) is 115 cm³/mol. The van der Waals surface area contributed by atoms with Crippen molar-refractivity contribution < 1.29 is 13.9 Å². The van der Waals surface area contributed by atoms with Crippen LogP contribution in [0.15, 0.2) is 48.5 Å². The molecule has 0 spiro atoms. The number of benzene rings is 2. The maximum atomic E-state index is 14.1. The fraction of sp³-hybridized carbons (Fsp3) is 0.261. The lowest BCUT2D eigenvalue weighted by molar-refractivity contribution is -0.114. The molecule has 0 radical (unpaired) electrons. The van der Waals surface area contributed by atoms with Crippen molar-refractivity contribution in [3.8, 4) is 23.0 Å². The van der Waals surface area contributed by atoms with Crippen LogP contribution in [-0.2, 0) is 9.53 Å². The van der Waals surface area contributed by atoms with Gasteiger partial charge in [-0.15, -0.1) is 0 Å². The Balaban J connectivity index is 1.53. The second-order valence-electron chi connectivity index (χ2n) is 7.38. The Morgan fingerprint density at radius 1 is 1.16 bits per heavy atom. The lowest BCUT2D eigenvalue weighted by Crippen LogP contribution is -2.37. The molecule has 2 N–H and O–H groups in total. The van der Waals surface area contributed by atoms with E-state index in [1.807, 2.05) is 30.3 Å². The van der Waals surface area contributed by atoms with Crippen molar-refractivity contribution in [1.29, 1.82) is 5.26 Å². The summed E-state index contributed by atoms with van der Waals surface area (Å²) in [5.74, 6) is -0.261. The molecule has 3 aromatic rings. The highest BCUT2D eigenvalue weighted by Crippen LogP contribution is 2.28. The minimum absolute atomic E-state index is 0.00697. The summed E-state index contributed by atoms with van der Waals surface area (Å²) in [5.41, 5.74) is 9.02. The SMILES string of the molecule is N#Cc1ccc(-c2cc(N)nn2-c2ccc(N3CCC(OCC=O)CC3)cc2)cc1F. The van der Waals surface area contributed by atoms with Crippen LogP contribution in [-0.4, -0.2) is 41.9 Å². The second-order valence-corrected chi connectivity index (χ2v) is 7.38. The van der Waals surface area contributed by atoms with E-state index >= 15 is 0 Å². The number of halogens is 1. The van der Waals surface area contributed by atoms with Crippen LogP contribution >= 0.6 is 0 Å². The molecule has 158 valence electrons. The number of carbonyl (C=O) groups excluding carboxylic acids is 1. The molecule has 0 bridgehead atoms. The van der Waals surface area contributed by atoms with Gasteiger partial charge in [0.25, 0.3) is 0 Å². The molecule has 0 saturated carbocycles. The minimum atomic E-state index is -0.581. The van der Waals surface area contributed by atoms with Gasteiger partial charge in [0.15, 0.2) is 0 Å². The normalized spacial score (nSPS) is 14.4. The smallest absolute Gasteiger partial charge is 0.146 e. The summed E-state index contributed by atoms with van der Waals surface area (Å²) in [6.45, 7) is 1.86. The number of hydrogen-bond acceptors (Lipinski definition) is 6. The van der Waals surface area contributed by atoms with Crippen LogP contribution in [0.3, 0.4) is 0 Å². The molecule has 0 atom stereocenters. The molecule has 0 unspecified atom stereocenters. The highest BCUT2D eigenvalue weighted by molar-refractivity contribution is 5.67. The van der Waals surface area contributed by atoms with E-state index in [1.165, 1.54) is 12.1 Å². The molecule has 0 amide bonds. The standard InChI is InChI=1S/C23H22FN5O2/c24-21-13-16(1-2-17(21)15-25)22-14-23(26)27-29(22)19-5-3-18(4-6-19)28-9-7-20(8-10-28)31-12-11-30/h1-6,11,13-14,20H,7-10,12H2,(H2,26,27). The molecule has 2 aromatic carbocycles. The Morgan fingerprint density at radius 3 is 2.52 bits per heavy atom. The van der Waals surface area contributed by atoms with Gasteiger partial charge in [0.05, 0.1) is 23.0 Å². The van der Waals surface area contributed by atoms with Crippen LogP contribution < -0.4 is 10.6 Å². The van der Waals surface area contributed by atoms with Gasteiger partial charge in [-0.25, -0.2) is 9.07 Å². The van der Waals surface area contributed by atoms with Crippen molar-refractivity contribution in [3.63, 3.8) is 0 Å². The first kappa shape index (κ1) is 20.6.